The van der Waals surface area contributed by atoms with Crippen molar-refractivity contribution in [3.8, 4) is 0 Å². The summed E-state index contributed by atoms with van der Waals surface area (Å²) in [6.07, 6.45) is 0. The van der Waals surface area contributed by atoms with E-state index in [1.54, 1.807) is 12.1 Å². The van der Waals surface area contributed by atoms with Gasteiger partial charge in [-0.25, -0.2) is 4.39 Å². The molecular formula is C13H9Br2ClFN. The minimum Gasteiger partial charge on any atom is -0.380 e. The number of hydrogen-bond acceptors (Lipinski definition) is 1. The third-order valence-corrected chi connectivity index (χ3v) is 3.97. The second-order valence-corrected chi connectivity index (χ2v) is 5.87. The van der Waals surface area contributed by atoms with Gasteiger partial charge < -0.3 is 5.32 Å². The molecule has 5 heteroatoms. The van der Waals surface area contributed by atoms with E-state index in [0.717, 1.165) is 15.7 Å². The first-order chi connectivity index (χ1) is 8.56. The van der Waals surface area contributed by atoms with Gasteiger partial charge in [-0.3, -0.25) is 0 Å². The van der Waals surface area contributed by atoms with Crippen LogP contribution in [0.5, 0.6) is 0 Å². The average molecular weight is 393 g/mol. The maximum absolute atomic E-state index is 13.3. The summed E-state index contributed by atoms with van der Waals surface area (Å²) in [7, 11) is 0. The van der Waals surface area contributed by atoms with E-state index >= 15 is 0 Å². The van der Waals surface area contributed by atoms with Crippen molar-refractivity contribution >= 4 is 49.1 Å². The van der Waals surface area contributed by atoms with Crippen molar-refractivity contribution in [1.82, 2.24) is 0 Å². The van der Waals surface area contributed by atoms with E-state index < -0.39 is 0 Å². The molecule has 0 unspecified atom stereocenters. The molecule has 1 nitrogen and oxygen atoms in total. The van der Waals surface area contributed by atoms with Gasteiger partial charge in [-0.05, 0) is 67.8 Å². The van der Waals surface area contributed by atoms with E-state index in [4.69, 9.17) is 11.6 Å². The molecule has 0 atom stereocenters. The van der Waals surface area contributed by atoms with E-state index in [2.05, 4.69) is 37.2 Å². The van der Waals surface area contributed by atoms with Crippen LogP contribution in [0.2, 0.25) is 5.02 Å². The van der Waals surface area contributed by atoms with Crippen LogP contribution >= 0.6 is 43.5 Å². The summed E-state index contributed by atoms with van der Waals surface area (Å²) in [6, 6.07) is 10.5. The molecule has 0 saturated carbocycles. The van der Waals surface area contributed by atoms with Crippen LogP contribution in [0.1, 0.15) is 5.56 Å². The molecule has 0 bridgehead atoms. The Bertz CT molecular complexity index is 575. The fourth-order valence-electron chi connectivity index (χ4n) is 1.48. The van der Waals surface area contributed by atoms with Crippen LogP contribution in [0.4, 0.5) is 10.1 Å². The zero-order valence-electron chi connectivity index (χ0n) is 9.18. The lowest BCUT2D eigenvalue weighted by Crippen LogP contribution is -2.00. The molecule has 0 amide bonds. The summed E-state index contributed by atoms with van der Waals surface area (Å²) in [5.41, 5.74) is 1.74. The van der Waals surface area contributed by atoms with Gasteiger partial charge in [-0.1, -0.05) is 17.7 Å². The standard InChI is InChI=1S/C13H9Br2ClFN/c14-10-3-1-8(5-12(10)17)7-18-13-6-9(16)2-4-11(13)15/h1-6,18H,7H2. The van der Waals surface area contributed by atoms with Crippen molar-refractivity contribution in [2.75, 3.05) is 5.32 Å². The van der Waals surface area contributed by atoms with E-state index in [0.29, 0.717) is 16.0 Å². The molecule has 0 radical (unpaired) electrons. The van der Waals surface area contributed by atoms with Crippen molar-refractivity contribution < 1.29 is 4.39 Å². The quantitative estimate of drug-likeness (QED) is 0.714. The number of halogens is 4. The predicted molar refractivity (Wildman–Crippen MR) is 80.6 cm³/mol. The first-order valence-corrected chi connectivity index (χ1v) is 7.15. The van der Waals surface area contributed by atoms with Gasteiger partial charge in [0, 0.05) is 16.0 Å². The summed E-state index contributed by atoms with van der Waals surface area (Å²) in [6.45, 7) is 0.531. The Morgan fingerprint density at radius 1 is 1.06 bits per heavy atom. The summed E-state index contributed by atoms with van der Waals surface area (Å²) in [5.74, 6) is -0.264. The fraction of sp³-hybridized carbons (Fsp3) is 0.0769. The van der Waals surface area contributed by atoms with Crippen LogP contribution in [-0.2, 0) is 6.54 Å². The molecule has 2 aromatic rings. The first-order valence-electron chi connectivity index (χ1n) is 5.19. The van der Waals surface area contributed by atoms with Crippen LogP contribution in [0.15, 0.2) is 45.3 Å². The summed E-state index contributed by atoms with van der Waals surface area (Å²) in [4.78, 5) is 0. The van der Waals surface area contributed by atoms with Crippen LogP contribution in [0.3, 0.4) is 0 Å². The summed E-state index contributed by atoms with van der Waals surface area (Å²) in [5, 5.41) is 3.86. The average Bonchev–Trinajstić information content (AvgIpc) is 2.34. The van der Waals surface area contributed by atoms with Crippen molar-refractivity contribution in [2.24, 2.45) is 0 Å². The Morgan fingerprint density at radius 3 is 2.50 bits per heavy atom. The van der Waals surface area contributed by atoms with Gasteiger partial charge in [0.15, 0.2) is 0 Å². The SMILES string of the molecule is Fc1cc(CNc2cc(Cl)ccc2Br)ccc1Br. The van der Waals surface area contributed by atoms with E-state index in [9.17, 15) is 4.39 Å². The number of anilines is 1. The lowest BCUT2D eigenvalue weighted by atomic mass is 10.2. The van der Waals surface area contributed by atoms with Crippen molar-refractivity contribution in [1.29, 1.82) is 0 Å². The van der Waals surface area contributed by atoms with E-state index in [1.165, 1.54) is 6.07 Å². The zero-order chi connectivity index (χ0) is 13.1. The third-order valence-electron chi connectivity index (χ3n) is 2.40. The molecule has 0 aliphatic heterocycles. The second kappa shape index (κ2) is 6.04. The molecule has 0 spiro atoms. The Hall–Kier alpha value is -0.580. The van der Waals surface area contributed by atoms with Gasteiger partial charge >= 0.3 is 0 Å². The van der Waals surface area contributed by atoms with Crippen LogP contribution in [-0.4, -0.2) is 0 Å². The largest absolute Gasteiger partial charge is 0.380 e. The highest BCUT2D eigenvalue weighted by Crippen LogP contribution is 2.26. The molecule has 0 aliphatic carbocycles. The fourth-order valence-corrected chi connectivity index (χ4v) is 2.29. The van der Waals surface area contributed by atoms with Crippen LogP contribution in [0.25, 0.3) is 0 Å². The predicted octanol–water partition coefficient (Wildman–Crippen LogP) is 5.62. The minimum absolute atomic E-state index is 0.264. The number of hydrogen-bond donors (Lipinski definition) is 1. The smallest absolute Gasteiger partial charge is 0.137 e. The Morgan fingerprint density at radius 2 is 1.78 bits per heavy atom. The lowest BCUT2D eigenvalue weighted by molar-refractivity contribution is 0.619. The normalized spacial score (nSPS) is 10.4. The van der Waals surface area contributed by atoms with Crippen molar-refractivity contribution in [3.05, 3.63) is 61.7 Å². The second-order valence-electron chi connectivity index (χ2n) is 3.73. The molecule has 18 heavy (non-hydrogen) atoms. The molecule has 0 aliphatic rings. The number of nitrogens with one attached hydrogen (secondary N) is 1. The van der Waals surface area contributed by atoms with Gasteiger partial charge in [-0.15, -0.1) is 0 Å². The number of benzene rings is 2. The van der Waals surface area contributed by atoms with E-state index in [1.807, 2.05) is 18.2 Å². The van der Waals surface area contributed by atoms with Gasteiger partial charge in [0.1, 0.15) is 5.82 Å². The maximum Gasteiger partial charge on any atom is 0.137 e. The first kappa shape index (κ1) is 13.8. The molecule has 94 valence electrons. The summed E-state index contributed by atoms with van der Waals surface area (Å²) < 4.78 is 14.7. The molecule has 0 aromatic heterocycles. The van der Waals surface area contributed by atoms with Gasteiger partial charge in [-0.2, -0.15) is 0 Å². The highest BCUT2D eigenvalue weighted by molar-refractivity contribution is 9.10. The van der Waals surface area contributed by atoms with Crippen molar-refractivity contribution in [2.45, 2.75) is 6.54 Å². The molecule has 1 N–H and O–H groups in total. The maximum atomic E-state index is 13.3. The molecule has 2 aromatic carbocycles. The molecule has 0 fully saturated rings. The summed E-state index contributed by atoms with van der Waals surface area (Å²) >= 11 is 12.5. The Balaban J connectivity index is 2.11. The number of rotatable bonds is 3. The molecular weight excluding hydrogens is 384 g/mol. The molecule has 0 heterocycles. The van der Waals surface area contributed by atoms with Crippen molar-refractivity contribution in [3.63, 3.8) is 0 Å². The third kappa shape index (κ3) is 3.46. The Kier molecular flexibility index (Phi) is 4.65. The highest BCUT2D eigenvalue weighted by atomic mass is 79.9. The molecule has 2 rings (SSSR count). The Labute approximate surface area is 127 Å². The zero-order valence-corrected chi connectivity index (χ0v) is 13.1. The van der Waals surface area contributed by atoms with E-state index in [-0.39, 0.29) is 5.82 Å². The minimum atomic E-state index is -0.264. The molecule has 0 saturated heterocycles. The van der Waals surface area contributed by atoms with Gasteiger partial charge in [0.2, 0.25) is 0 Å². The van der Waals surface area contributed by atoms with Gasteiger partial charge in [0.25, 0.3) is 0 Å². The monoisotopic (exact) mass is 391 g/mol. The van der Waals surface area contributed by atoms with Crippen LogP contribution < -0.4 is 5.32 Å². The highest BCUT2D eigenvalue weighted by Gasteiger charge is 2.03. The van der Waals surface area contributed by atoms with Crippen LogP contribution in [0, 0.1) is 5.82 Å². The van der Waals surface area contributed by atoms with Gasteiger partial charge in [0.05, 0.1) is 10.2 Å². The lowest BCUT2D eigenvalue weighted by Gasteiger charge is -2.09. The topological polar surface area (TPSA) is 12.0 Å².